The molecule has 0 radical (unpaired) electrons. The van der Waals surface area contributed by atoms with Gasteiger partial charge in [-0.15, -0.1) is 11.3 Å². The average Bonchev–Trinajstić information content (AvgIpc) is 2.74. The van der Waals surface area contributed by atoms with E-state index in [0.717, 1.165) is 14.9 Å². The molecule has 3 nitrogen and oxygen atoms in total. The molecule has 0 bridgehead atoms. The fourth-order valence-corrected chi connectivity index (χ4v) is 3.01. The van der Waals surface area contributed by atoms with Gasteiger partial charge in [-0.2, -0.15) is 0 Å². The summed E-state index contributed by atoms with van der Waals surface area (Å²) >= 11 is 4.89. The van der Waals surface area contributed by atoms with E-state index in [1.807, 2.05) is 31.4 Å². The van der Waals surface area contributed by atoms with E-state index in [0.29, 0.717) is 5.75 Å². The van der Waals surface area contributed by atoms with E-state index in [4.69, 9.17) is 4.74 Å². The van der Waals surface area contributed by atoms with E-state index in [2.05, 4.69) is 20.9 Å². The van der Waals surface area contributed by atoms with Crippen LogP contribution < -0.4 is 4.74 Å². The fraction of sp³-hybridized carbons (Fsp3) is 0.308. The van der Waals surface area contributed by atoms with Crippen molar-refractivity contribution in [2.75, 3.05) is 0 Å². The maximum Gasteiger partial charge on any atom is 0.138 e. The molecule has 0 aliphatic carbocycles. The van der Waals surface area contributed by atoms with Gasteiger partial charge in [0.2, 0.25) is 0 Å². The van der Waals surface area contributed by atoms with Crippen LogP contribution >= 0.6 is 27.3 Å². The second-order valence-corrected chi connectivity index (χ2v) is 6.05. The molecule has 1 N–H and O–H groups in total. The summed E-state index contributed by atoms with van der Waals surface area (Å²) in [6, 6.07) is 3.73. The van der Waals surface area contributed by atoms with Gasteiger partial charge in [0, 0.05) is 26.5 Å². The molecule has 1 atom stereocenters. The van der Waals surface area contributed by atoms with Crippen molar-refractivity contribution in [1.29, 1.82) is 0 Å². The zero-order valence-electron chi connectivity index (χ0n) is 10.1. The highest BCUT2D eigenvalue weighted by Gasteiger charge is 2.14. The lowest BCUT2D eigenvalue weighted by Crippen LogP contribution is -2.07. The molecule has 2 heterocycles. The number of thiophene rings is 1. The molecule has 0 spiro atoms. The minimum atomic E-state index is -0.662. The van der Waals surface area contributed by atoms with Crippen LogP contribution in [0.25, 0.3) is 0 Å². The number of aliphatic hydroxyl groups is 1. The number of hydrogen-bond acceptors (Lipinski definition) is 4. The Hall–Kier alpha value is -0.910. The quantitative estimate of drug-likeness (QED) is 0.929. The second-order valence-electron chi connectivity index (χ2n) is 4.19. The highest BCUT2D eigenvalue weighted by Crippen LogP contribution is 2.30. The van der Waals surface area contributed by atoms with Gasteiger partial charge in [-0.25, -0.2) is 0 Å². The molecule has 2 rings (SSSR count). The molecule has 18 heavy (non-hydrogen) atoms. The molecule has 0 aliphatic rings. The third-order valence-electron chi connectivity index (χ3n) is 2.28. The maximum atomic E-state index is 10.3. The Labute approximate surface area is 119 Å². The van der Waals surface area contributed by atoms with Crippen LogP contribution in [0.15, 0.2) is 34.4 Å². The van der Waals surface area contributed by atoms with Crippen molar-refractivity contribution in [3.63, 3.8) is 0 Å². The Morgan fingerprint density at radius 3 is 2.72 bits per heavy atom. The Bertz CT molecular complexity index is 527. The first-order chi connectivity index (χ1) is 8.56. The van der Waals surface area contributed by atoms with Crippen molar-refractivity contribution in [2.24, 2.45) is 0 Å². The van der Waals surface area contributed by atoms with Gasteiger partial charge in [0.05, 0.1) is 12.3 Å². The molecular formula is C13H14BrNO2S. The topological polar surface area (TPSA) is 42.4 Å². The van der Waals surface area contributed by atoms with E-state index in [1.165, 1.54) is 11.3 Å². The van der Waals surface area contributed by atoms with Crippen molar-refractivity contribution in [2.45, 2.75) is 26.1 Å². The first kappa shape index (κ1) is 13.5. The number of halogens is 1. The third kappa shape index (κ3) is 3.31. The average molecular weight is 328 g/mol. The van der Waals surface area contributed by atoms with Crippen LogP contribution in [0.4, 0.5) is 0 Å². The number of ether oxygens (including phenoxy) is 1. The summed E-state index contributed by atoms with van der Waals surface area (Å²) < 4.78 is 6.54. The summed E-state index contributed by atoms with van der Waals surface area (Å²) in [6.45, 7) is 3.92. The highest BCUT2D eigenvalue weighted by atomic mass is 79.9. The molecule has 0 fully saturated rings. The van der Waals surface area contributed by atoms with Gasteiger partial charge in [-0.05, 0) is 41.9 Å². The largest absolute Gasteiger partial charge is 0.489 e. The molecule has 2 aromatic rings. The lowest BCUT2D eigenvalue weighted by atomic mass is 10.1. The lowest BCUT2D eigenvalue weighted by molar-refractivity contribution is 0.219. The van der Waals surface area contributed by atoms with E-state index in [-0.39, 0.29) is 6.10 Å². The zero-order valence-corrected chi connectivity index (χ0v) is 12.5. The van der Waals surface area contributed by atoms with Crippen molar-refractivity contribution in [1.82, 2.24) is 4.98 Å². The lowest BCUT2D eigenvalue weighted by Gasteiger charge is -2.12. The zero-order chi connectivity index (χ0) is 13.1. The van der Waals surface area contributed by atoms with Crippen molar-refractivity contribution < 1.29 is 9.84 Å². The predicted octanol–water partition coefficient (Wildman–Crippen LogP) is 3.77. The van der Waals surface area contributed by atoms with Crippen LogP contribution in [-0.2, 0) is 0 Å². The first-order valence-electron chi connectivity index (χ1n) is 5.60. The van der Waals surface area contributed by atoms with Gasteiger partial charge < -0.3 is 9.84 Å². The minimum Gasteiger partial charge on any atom is -0.489 e. The minimum absolute atomic E-state index is 0.0927. The van der Waals surface area contributed by atoms with Gasteiger partial charge in [0.15, 0.2) is 0 Å². The number of aliphatic hydroxyl groups excluding tert-OH is 1. The van der Waals surface area contributed by atoms with Crippen molar-refractivity contribution in [3.8, 4) is 5.75 Å². The number of nitrogens with zero attached hydrogens (tertiary/aromatic N) is 1. The predicted molar refractivity (Wildman–Crippen MR) is 76.1 cm³/mol. The van der Waals surface area contributed by atoms with Gasteiger partial charge in [0.1, 0.15) is 11.9 Å². The Morgan fingerprint density at radius 1 is 1.33 bits per heavy atom. The fourth-order valence-electron chi connectivity index (χ4n) is 1.56. The number of rotatable bonds is 4. The molecular weight excluding hydrogens is 314 g/mol. The molecule has 96 valence electrons. The first-order valence-corrected chi connectivity index (χ1v) is 7.27. The van der Waals surface area contributed by atoms with E-state index in [1.54, 1.807) is 12.4 Å². The van der Waals surface area contributed by atoms with Crippen molar-refractivity contribution in [3.05, 3.63) is 44.8 Å². The summed E-state index contributed by atoms with van der Waals surface area (Å²) in [5.41, 5.74) is 0.738. The number of pyridine rings is 1. The molecule has 0 saturated heterocycles. The van der Waals surface area contributed by atoms with Crippen LogP contribution in [0.2, 0.25) is 0 Å². The van der Waals surface area contributed by atoms with Crippen LogP contribution in [0.1, 0.15) is 30.4 Å². The molecule has 2 aromatic heterocycles. The standard InChI is InChI=1S/C13H14BrNO2S/c1-8(2)17-11-3-9(5-15-6-11)13(16)12-4-10(14)7-18-12/h3-8,13,16H,1-2H3. The highest BCUT2D eigenvalue weighted by molar-refractivity contribution is 9.10. The molecule has 1 unspecified atom stereocenters. The van der Waals surface area contributed by atoms with Crippen LogP contribution in [-0.4, -0.2) is 16.2 Å². The normalized spacial score (nSPS) is 12.7. The van der Waals surface area contributed by atoms with Crippen molar-refractivity contribution >= 4 is 27.3 Å². The summed E-state index contributed by atoms with van der Waals surface area (Å²) in [4.78, 5) is 4.98. The second kappa shape index (κ2) is 5.82. The molecule has 0 aliphatic heterocycles. The molecule has 0 aromatic carbocycles. The van der Waals surface area contributed by atoms with Crippen LogP contribution in [0, 0.1) is 0 Å². The Balaban J connectivity index is 2.22. The molecule has 0 amide bonds. The van der Waals surface area contributed by atoms with Crippen LogP contribution in [0.3, 0.4) is 0 Å². The van der Waals surface area contributed by atoms with Gasteiger partial charge in [0.25, 0.3) is 0 Å². The number of hydrogen-bond donors (Lipinski definition) is 1. The summed E-state index contributed by atoms with van der Waals surface area (Å²) in [5, 5.41) is 12.2. The smallest absolute Gasteiger partial charge is 0.138 e. The van der Waals surface area contributed by atoms with Gasteiger partial charge >= 0.3 is 0 Å². The van der Waals surface area contributed by atoms with E-state index in [9.17, 15) is 5.11 Å². The third-order valence-corrected chi connectivity index (χ3v) is 4.03. The Kier molecular flexibility index (Phi) is 4.37. The number of aromatic nitrogens is 1. The van der Waals surface area contributed by atoms with Gasteiger partial charge in [-0.1, -0.05) is 0 Å². The Morgan fingerprint density at radius 2 is 2.11 bits per heavy atom. The molecule has 0 saturated carbocycles. The van der Waals surface area contributed by atoms with E-state index < -0.39 is 6.10 Å². The summed E-state index contributed by atoms with van der Waals surface area (Å²) in [6.07, 6.45) is 2.74. The molecule has 5 heteroatoms. The summed E-state index contributed by atoms with van der Waals surface area (Å²) in [5.74, 6) is 0.678. The van der Waals surface area contributed by atoms with Gasteiger partial charge in [-0.3, -0.25) is 4.98 Å². The van der Waals surface area contributed by atoms with E-state index >= 15 is 0 Å². The SMILES string of the molecule is CC(C)Oc1cncc(C(O)c2cc(Br)cs2)c1. The monoisotopic (exact) mass is 327 g/mol. The van der Waals surface area contributed by atoms with Crippen LogP contribution in [0.5, 0.6) is 5.75 Å². The maximum absolute atomic E-state index is 10.3. The summed E-state index contributed by atoms with van der Waals surface area (Å²) in [7, 11) is 0.